The van der Waals surface area contributed by atoms with Gasteiger partial charge in [-0.05, 0) is 18.2 Å². The fourth-order valence-electron chi connectivity index (χ4n) is 2.51. The van der Waals surface area contributed by atoms with Gasteiger partial charge in [0.15, 0.2) is 0 Å². The van der Waals surface area contributed by atoms with Crippen molar-refractivity contribution in [1.82, 2.24) is 4.98 Å². The van der Waals surface area contributed by atoms with Gasteiger partial charge in [-0.25, -0.2) is 4.98 Å². The highest BCUT2D eigenvalue weighted by Crippen LogP contribution is 2.50. The van der Waals surface area contributed by atoms with Crippen LogP contribution in [0.15, 0.2) is 52.3 Å². The standard InChI is InChI=1S/C17H9ClN2S2/c18-10-5-6-11-14(9-10)21-13-4-2-1-3-12(13)17-16(11)20-15(22-17)7-8-19/h1-6,9H,7H2. The molecule has 2 heterocycles. The van der Waals surface area contributed by atoms with Crippen LogP contribution in [0, 0.1) is 11.3 Å². The van der Waals surface area contributed by atoms with Crippen LogP contribution in [0.4, 0.5) is 0 Å². The first kappa shape index (κ1) is 13.8. The summed E-state index contributed by atoms with van der Waals surface area (Å²) in [6.45, 7) is 0. The Balaban J connectivity index is 2.04. The summed E-state index contributed by atoms with van der Waals surface area (Å²) in [4.78, 5) is 8.14. The Hall–Kier alpha value is -1.80. The number of hydrogen-bond acceptors (Lipinski definition) is 4. The zero-order valence-electron chi connectivity index (χ0n) is 11.3. The first-order valence-electron chi connectivity index (χ1n) is 6.70. The van der Waals surface area contributed by atoms with Crippen LogP contribution in [-0.2, 0) is 6.42 Å². The van der Waals surface area contributed by atoms with E-state index >= 15 is 0 Å². The highest BCUT2D eigenvalue weighted by molar-refractivity contribution is 7.99. The molecule has 106 valence electrons. The molecule has 0 aliphatic carbocycles. The second-order valence-corrected chi connectivity index (χ2v) is 7.46. The van der Waals surface area contributed by atoms with Gasteiger partial charge in [-0.1, -0.05) is 47.6 Å². The molecule has 0 unspecified atom stereocenters. The van der Waals surface area contributed by atoms with Crippen molar-refractivity contribution in [3.63, 3.8) is 0 Å². The largest absolute Gasteiger partial charge is 0.239 e. The molecule has 2 aromatic carbocycles. The quantitative estimate of drug-likeness (QED) is 0.448. The van der Waals surface area contributed by atoms with Crippen molar-refractivity contribution in [2.45, 2.75) is 16.2 Å². The molecule has 5 heteroatoms. The van der Waals surface area contributed by atoms with Crippen LogP contribution in [-0.4, -0.2) is 4.98 Å². The van der Waals surface area contributed by atoms with Gasteiger partial charge in [0.1, 0.15) is 5.01 Å². The van der Waals surface area contributed by atoms with Gasteiger partial charge in [0.05, 0.1) is 23.1 Å². The van der Waals surface area contributed by atoms with Crippen molar-refractivity contribution < 1.29 is 0 Å². The van der Waals surface area contributed by atoms with Crippen molar-refractivity contribution >= 4 is 34.7 Å². The molecule has 4 rings (SSSR count). The normalized spacial score (nSPS) is 11.8. The van der Waals surface area contributed by atoms with Crippen LogP contribution < -0.4 is 0 Å². The molecule has 0 spiro atoms. The van der Waals surface area contributed by atoms with E-state index in [2.05, 4.69) is 18.2 Å². The van der Waals surface area contributed by atoms with E-state index in [-0.39, 0.29) is 0 Å². The van der Waals surface area contributed by atoms with E-state index < -0.39 is 0 Å². The van der Waals surface area contributed by atoms with Gasteiger partial charge in [0.2, 0.25) is 0 Å². The molecule has 0 fully saturated rings. The number of fused-ring (bicyclic) bond motifs is 5. The zero-order chi connectivity index (χ0) is 15.1. The first-order chi connectivity index (χ1) is 10.8. The third-order valence-corrected chi connectivity index (χ3v) is 5.91. The van der Waals surface area contributed by atoms with E-state index in [1.165, 1.54) is 10.5 Å². The second-order valence-electron chi connectivity index (χ2n) is 4.86. The van der Waals surface area contributed by atoms with Gasteiger partial charge in [0.25, 0.3) is 0 Å². The molecule has 0 saturated carbocycles. The van der Waals surface area contributed by atoms with Gasteiger partial charge in [-0.2, -0.15) is 5.26 Å². The maximum atomic E-state index is 8.96. The number of nitriles is 1. The topological polar surface area (TPSA) is 36.7 Å². The minimum absolute atomic E-state index is 0.343. The van der Waals surface area contributed by atoms with Crippen molar-refractivity contribution in [2.24, 2.45) is 0 Å². The fourth-order valence-corrected chi connectivity index (χ4v) is 4.99. The Morgan fingerprint density at radius 1 is 1.09 bits per heavy atom. The maximum absolute atomic E-state index is 8.96. The number of nitrogens with zero attached hydrogens (tertiary/aromatic N) is 2. The average Bonchev–Trinajstić information content (AvgIpc) is 2.87. The number of thiazole rings is 1. The lowest BCUT2D eigenvalue weighted by atomic mass is 10.1. The molecule has 0 bridgehead atoms. The smallest absolute Gasteiger partial charge is 0.108 e. The minimum atomic E-state index is 0.343. The van der Waals surface area contributed by atoms with Gasteiger partial charge >= 0.3 is 0 Å². The summed E-state index contributed by atoms with van der Waals surface area (Å²) < 4.78 is 0. The van der Waals surface area contributed by atoms with Crippen LogP contribution in [0.5, 0.6) is 0 Å². The Kier molecular flexibility index (Phi) is 3.42. The van der Waals surface area contributed by atoms with Crippen LogP contribution >= 0.6 is 34.7 Å². The van der Waals surface area contributed by atoms with E-state index in [1.54, 1.807) is 23.1 Å². The lowest BCUT2D eigenvalue weighted by Gasteiger charge is -2.06. The minimum Gasteiger partial charge on any atom is -0.239 e. The summed E-state index contributed by atoms with van der Waals surface area (Å²) >= 11 is 9.48. The van der Waals surface area contributed by atoms with Gasteiger partial charge < -0.3 is 0 Å². The zero-order valence-corrected chi connectivity index (χ0v) is 13.7. The van der Waals surface area contributed by atoms with Crippen molar-refractivity contribution in [3.05, 3.63) is 52.5 Å². The van der Waals surface area contributed by atoms with Gasteiger partial charge in [-0.3, -0.25) is 0 Å². The molecule has 1 aromatic heterocycles. The van der Waals surface area contributed by atoms with Crippen molar-refractivity contribution in [3.8, 4) is 27.8 Å². The molecule has 1 aliphatic heterocycles. The molecule has 2 nitrogen and oxygen atoms in total. The van der Waals surface area contributed by atoms with E-state index in [9.17, 15) is 0 Å². The molecular formula is C17H9ClN2S2. The molecule has 0 N–H and O–H groups in total. The number of benzene rings is 2. The number of halogens is 1. The van der Waals surface area contributed by atoms with E-state index in [1.807, 2.05) is 30.3 Å². The predicted molar refractivity (Wildman–Crippen MR) is 91.4 cm³/mol. The molecule has 1 aliphatic rings. The van der Waals surface area contributed by atoms with Crippen LogP contribution in [0.3, 0.4) is 0 Å². The summed E-state index contributed by atoms with van der Waals surface area (Å²) in [5.74, 6) is 0. The summed E-state index contributed by atoms with van der Waals surface area (Å²) in [6.07, 6.45) is 0.343. The highest BCUT2D eigenvalue weighted by Gasteiger charge is 2.23. The van der Waals surface area contributed by atoms with Crippen LogP contribution in [0.25, 0.3) is 21.7 Å². The summed E-state index contributed by atoms with van der Waals surface area (Å²) in [6, 6.07) is 16.4. The van der Waals surface area contributed by atoms with E-state index in [0.717, 1.165) is 31.1 Å². The molecule has 22 heavy (non-hydrogen) atoms. The summed E-state index contributed by atoms with van der Waals surface area (Å²) in [5, 5.41) is 10.5. The Bertz CT molecular complexity index is 925. The predicted octanol–water partition coefficient (Wildman–Crippen LogP) is 5.66. The lowest BCUT2D eigenvalue weighted by Crippen LogP contribution is -1.84. The fraction of sp³-hybridized carbons (Fsp3) is 0.0588. The van der Waals surface area contributed by atoms with Crippen LogP contribution in [0.2, 0.25) is 5.02 Å². The molecule has 0 radical (unpaired) electrons. The molecule has 0 saturated heterocycles. The van der Waals surface area contributed by atoms with Gasteiger partial charge in [-0.15, -0.1) is 11.3 Å². The summed E-state index contributed by atoms with van der Waals surface area (Å²) in [5.41, 5.74) is 3.22. The van der Waals surface area contributed by atoms with Crippen molar-refractivity contribution in [2.75, 3.05) is 0 Å². The molecule has 3 aromatic rings. The molecule has 0 atom stereocenters. The number of rotatable bonds is 1. The molecule has 0 amide bonds. The second kappa shape index (κ2) is 5.44. The SMILES string of the molecule is N#CCc1nc2c(s1)-c1ccccc1Sc1cc(Cl)ccc1-2. The number of hydrogen-bond donors (Lipinski definition) is 0. The molecular weight excluding hydrogens is 332 g/mol. The summed E-state index contributed by atoms with van der Waals surface area (Å²) in [7, 11) is 0. The Morgan fingerprint density at radius 2 is 1.95 bits per heavy atom. The van der Waals surface area contributed by atoms with Gasteiger partial charge in [0, 0.05) is 25.9 Å². The monoisotopic (exact) mass is 340 g/mol. The first-order valence-corrected chi connectivity index (χ1v) is 8.71. The third kappa shape index (κ3) is 2.22. The lowest BCUT2D eigenvalue weighted by molar-refractivity contribution is 1.19. The average molecular weight is 341 g/mol. The Morgan fingerprint density at radius 3 is 2.82 bits per heavy atom. The van der Waals surface area contributed by atoms with E-state index in [0.29, 0.717) is 6.42 Å². The Labute approximate surface area is 141 Å². The van der Waals surface area contributed by atoms with Crippen molar-refractivity contribution in [1.29, 1.82) is 5.26 Å². The highest BCUT2D eigenvalue weighted by atomic mass is 35.5. The third-order valence-electron chi connectivity index (χ3n) is 3.45. The number of aromatic nitrogens is 1. The van der Waals surface area contributed by atoms with Crippen LogP contribution in [0.1, 0.15) is 5.01 Å². The van der Waals surface area contributed by atoms with E-state index in [4.69, 9.17) is 21.8 Å². The maximum Gasteiger partial charge on any atom is 0.108 e.